The molecule has 4 heteroatoms. The van der Waals surface area contributed by atoms with Crippen LogP contribution in [0.4, 0.5) is 4.39 Å². The van der Waals surface area contributed by atoms with E-state index in [1.54, 1.807) is 18.2 Å². The van der Waals surface area contributed by atoms with Gasteiger partial charge >= 0.3 is 0 Å². The van der Waals surface area contributed by atoms with Crippen LogP contribution in [0, 0.1) is 22.6 Å². The van der Waals surface area contributed by atoms with Crippen molar-refractivity contribution >= 4 is 0 Å². The van der Waals surface area contributed by atoms with Crippen molar-refractivity contribution in [1.29, 1.82) is 0 Å². The summed E-state index contributed by atoms with van der Waals surface area (Å²) in [7, 11) is 0. The van der Waals surface area contributed by atoms with Crippen LogP contribution in [0.3, 0.4) is 0 Å². The number of ether oxygens (including phenoxy) is 1. The van der Waals surface area contributed by atoms with Crippen molar-refractivity contribution in [2.45, 2.75) is 58.8 Å². The lowest BCUT2D eigenvalue weighted by atomic mass is 9.69. The summed E-state index contributed by atoms with van der Waals surface area (Å²) in [6, 6.07) is 7.20. The number of fused-ring (bicyclic) bond motifs is 2. The van der Waals surface area contributed by atoms with Crippen molar-refractivity contribution < 1.29 is 19.6 Å². The second-order valence-electron chi connectivity index (χ2n) is 8.45. The first-order valence-corrected chi connectivity index (χ1v) is 9.17. The Bertz CT molecular complexity index is 577. The summed E-state index contributed by atoms with van der Waals surface area (Å²) in [5.74, 6) is 0.564. The Morgan fingerprint density at radius 2 is 2.08 bits per heavy atom. The van der Waals surface area contributed by atoms with Crippen LogP contribution in [-0.2, 0) is 11.3 Å². The highest BCUT2D eigenvalue weighted by Crippen LogP contribution is 2.64. The lowest BCUT2D eigenvalue weighted by Gasteiger charge is -2.37. The number of halogens is 1. The van der Waals surface area contributed by atoms with Gasteiger partial charge in [-0.2, -0.15) is 0 Å². The molecule has 4 atom stereocenters. The second-order valence-corrected chi connectivity index (χ2v) is 8.45. The molecular weight excluding hydrogens is 305 g/mol. The standard InChI is InChI=1S/C20H30FNO2/c1-19(2)15-8-9-20(19,3)18(10-15)22-11-16(23)13-24-12-14-6-4-5-7-17(14)21/h4-7,15-16,18,22-23H,8-13H2,1-3H3/p+1/t15-,16+,18+,20+/m0/s1. The number of hydrogen-bond acceptors (Lipinski definition) is 2. The third-order valence-electron chi connectivity index (χ3n) is 7.08. The molecule has 2 saturated carbocycles. The molecule has 2 aliphatic rings. The maximum atomic E-state index is 13.5. The minimum absolute atomic E-state index is 0.208. The fourth-order valence-corrected chi connectivity index (χ4v) is 4.93. The lowest BCUT2D eigenvalue weighted by Crippen LogP contribution is -2.94. The number of hydrogen-bond donors (Lipinski definition) is 2. The molecule has 0 aliphatic heterocycles. The van der Waals surface area contributed by atoms with Gasteiger partial charge in [0.25, 0.3) is 0 Å². The van der Waals surface area contributed by atoms with Crippen LogP contribution in [0.5, 0.6) is 0 Å². The van der Waals surface area contributed by atoms with Crippen LogP contribution in [0.25, 0.3) is 0 Å². The number of quaternary nitrogens is 1. The van der Waals surface area contributed by atoms with E-state index in [9.17, 15) is 9.50 Å². The molecule has 2 bridgehead atoms. The highest BCUT2D eigenvalue weighted by Gasteiger charge is 2.63. The van der Waals surface area contributed by atoms with Crippen LogP contribution >= 0.6 is 0 Å². The fourth-order valence-electron chi connectivity index (χ4n) is 4.93. The highest BCUT2D eigenvalue weighted by atomic mass is 19.1. The van der Waals surface area contributed by atoms with Gasteiger partial charge in [-0.1, -0.05) is 39.0 Å². The van der Waals surface area contributed by atoms with E-state index in [0.29, 0.717) is 29.0 Å². The number of rotatable bonds is 7. The van der Waals surface area contributed by atoms with Gasteiger partial charge < -0.3 is 15.2 Å². The Morgan fingerprint density at radius 1 is 1.33 bits per heavy atom. The molecular formula is C20H31FNO2+. The molecule has 0 aromatic heterocycles. The third kappa shape index (κ3) is 3.12. The van der Waals surface area contributed by atoms with Crippen molar-refractivity contribution in [3.8, 4) is 0 Å². The summed E-state index contributed by atoms with van der Waals surface area (Å²) >= 11 is 0. The summed E-state index contributed by atoms with van der Waals surface area (Å²) in [5, 5.41) is 12.5. The molecule has 134 valence electrons. The van der Waals surface area contributed by atoms with Crippen LogP contribution < -0.4 is 5.32 Å². The smallest absolute Gasteiger partial charge is 0.128 e. The van der Waals surface area contributed by atoms with Crippen molar-refractivity contribution in [2.24, 2.45) is 16.7 Å². The second kappa shape index (κ2) is 6.74. The Kier molecular flexibility index (Phi) is 5.01. The summed E-state index contributed by atoms with van der Waals surface area (Å²) < 4.78 is 19.0. The Labute approximate surface area is 144 Å². The van der Waals surface area contributed by atoms with Gasteiger partial charge in [-0.05, 0) is 30.2 Å². The topological polar surface area (TPSA) is 46.1 Å². The lowest BCUT2D eigenvalue weighted by molar-refractivity contribution is -0.707. The molecule has 3 N–H and O–H groups in total. The van der Waals surface area contributed by atoms with Gasteiger partial charge in [0, 0.05) is 17.4 Å². The molecule has 0 radical (unpaired) electrons. The van der Waals surface area contributed by atoms with Gasteiger partial charge in [0.2, 0.25) is 0 Å². The average Bonchev–Trinajstić information content (AvgIpc) is 2.88. The molecule has 0 saturated heterocycles. The Hall–Kier alpha value is -0.970. The molecule has 2 fully saturated rings. The molecule has 1 aromatic carbocycles. The fraction of sp³-hybridized carbons (Fsp3) is 0.700. The van der Waals surface area contributed by atoms with E-state index in [4.69, 9.17) is 4.74 Å². The molecule has 3 rings (SSSR count). The molecule has 24 heavy (non-hydrogen) atoms. The van der Waals surface area contributed by atoms with Gasteiger partial charge in [-0.15, -0.1) is 0 Å². The van der Waals surface area contributed by atoms with E-state index in [1.165, 1.54) is 25.3 Å². The first-order chi connectivity index (χ1) is 11.3. The zero-order valence-corrected chi connectivity index (χ0v) is 15.1. The maximum Gasteiger partial charge on any atom is 0.128 e. The number of aliphatic hydroxyl groups is 1. The highest BCUT2D eigenvalue weighted by molar-refractivity contribution is 5.16. The minimum Gasteiger partial charge on any atom is -0.385 e. The van der Waals surface area contributed by atoms with Crippen LogP contribution in [0.1, 0.15) is 45.6 Å². The predicted molar refractivity (Wildman–Crippen MR) is 91.9 cm³/mol. The van der Waals surface area contributed by atoms with Gasteiger partial charge in [0.1, 0.15) is 18.5 Å². The summed E-state index contributed by atoms with van der Waals surface area (Å²) in [4.78, 5) is 0. The predicted octanol–water partition coefficient (Wildman–Crippen LogP) is 2.48. The van der Waals surface area contributed by atoms with Crippen molar-refractivity contribution in [3.63, 3.8) is 0 Å². The molecule has 0 amide bonds. The van der Waals surface area contributed by atoms with Crippen molar-refractivity contribution in [2.75, 3.05) is 13.2 Å². The Morgan fingerprint density at radius 3 is 2.71 bits per heavy atom. The zero-order chi connectivity index (χ0) is 17.4. The summed E-state index contributed by atoms with van der Waals surface area (Å²) in [5.41, 5.74) is 1.31. The minimum atomic E-state index is -0.511. The van der Waals surface area contributed by atoms with E-state index in [1.807, 2.05) is 0 Å². The monoisotopic (exact) mass is 336 g/mol. The maximum absolute atomic E-state index is 13.5. The molecule has 3 nitrogen and oxygen atoms in total. The first-order valence-electron chi connectivity index (χ1n) is 9.17. The number of benzene rings is 1. The first kappa shape index (κ1) is 17.8. The van der Waals surface area contributed by atoms with Gasteiger partial charge in [-0.3, -0.25) is 0 Å². The normalized spacial score (nSPS) is 32.2. The van der Waals surface area contributed by atoms with E-state index < -0.39 is 6.10 Å². The van der Waals surface area contributed by atoms with Crippen molar-refractivity contribution in [3.05, 3.63) is 35.6 Å². The van der Waals surface area contributed by atoms with Crippen LogP contribution in [0.15, 0.2) is 24.3 Å². The molecule has 1 aromatic rings. The van der Waals surface area contributed by atoms with E-state index >= 15 is 0 Å². The van der Waals surface area contributed by atoms with Gasteiger partial charge in [0.05, 0.1) is 19.3 Å². The van der Waals surface area contributed by atoms with Crippen LogP contribution in [0.2, 0.25) is 0 Å². The number of aliphatic hydroxyl groups excluding tert-OH is 1. The van der Waals surface area contributed by atoms with E-state index in [0.717, 1.165) is 5.92 Å². The SMILES string of the molecule is CC1(C)[C@H]2CC[C@]1(C)[C@H]([NH2+]C[C@@H](O)COCc1ccccc1F)C2. The van der Waals surface area contributed by atoms with Gasteiger partial charge in [0.15, 0.2) is 0 Å². The van der Waals surface area contributed by atoms with Crippen molar-refractivity contribution in [1.82, 2.24) is 0 Å². The van der Waals surface area contributed by atoms with E-state index in [2.05, 4.69) is 26.1 Å². The average molecular weight is 336 g/mol. The quantitative estimate of drug-likeness (QED) is 0.803. The third-order valence-corrected chi connectivity index (χ3v) is 7.08. The molecule has 2 aliphatic carbocycles. The van der Waals surface area contributed by atoms with Gasteiger partial charge in [-0.25, -0.2) is 4.39 Å². The van der Waals surface area contributed by atoms with Crippen LogP contribution in [-0.4, -0.2) is 30.4 Å². The van der Waals surface area contributed by atoms with E-state index in [-0.39, 0.29) is 19.0 Å². The number of nitrogens with two attached hydrogens (primary N) is 1. The molecule has 0 spiro atoms. The molecule has 0 heterocycles. The summed E-state index contributed by atoms with van der Waals surface area (Å²) in [6.45, 7) is 8.35. The largest absolute Gasteiger partial charge is 0.385 e. The Balaban J connectivity index is 1.42. The summed E-state index contributed by atoms with van der Waals surface area (Å²) in [6.07, 6.45) is 3.39. The zero-order valence-electron chi connectivity index (χ0n) is 15.1. The molecule has 0 unspecified atom stereocenters.